The highest BCUT2D eigenvalue weighted by atomic mass is 35.5. The van der Waals surface area contributed by atoms with Crippen molar-refractivity contribution in [2.45, 2.75) is 44.6 Å². The molecule has 1 aliphatic carbocycles. The van der Waals surface area contributed by atoms with Crippen molar-refractivity contribution in [3.63, 3.8) is 0 Å². The molecule has 1 unspecified atom stereocenters. The van der Waals surface area contributed by atoms with Crippen molar-refractivity contribution in [2.24, 2.45) is 11.7 Å². The van der Waals surface area contributed by atoms with E-state index in [0.717, 1.165) is 0 Å². The molecule has 5 nitrogen and oxygen atoms in total. The summed E-state index contributed by atoms with van der Waals surface area (Å²) in [5.74, 6) is 0.593. The van der Waals surface area contributed by atoms with Crippen molar-refractivity contribution in [3.8, 4) is 0 Å². The number of amides is 1. The van der Waals surface area contributed by atoms with Crippen LogP contribution in [0.5, 0.6) is 0 Å². The van der Waals surface area contributed by atoms with Crippen LogP contribution in [0.15, 0.2) is 0 Å². The Hall–Kier alpha value is -0.360. The van der Waals surface area contributed by atoms with E-state index in [1.165, 1.54) is 32.1 Å². The van der Waals surface area contributed by atoms with Gasteiger partial charge < -0.3 is 20.5 Å². The van der Waals surface area contributed by atoms with Crippen LogP contribution in [0.2, 0.25) is 0 Å². The van der Waals surface area contributed by atoms with E-state index in [1.54, 1.807) is 7.11 Å². The Morgan fingerprint density at radius 2 is 1.95 bits per heavy atom. The molecular formula is C14H29ClN2O3. The molecule has 0 aromatic rings. The van der Waals surface area contributed by atoms with Gasteiger partial charge in [-0.3, -0.25) is 4.79 Å². The molecule has 0 bridgehead atoms. The maximum absolute atomic E-state index is 11.8. The van der Waals surface area contributed by atoms with Crippen LogP contribution >= 0.6 is 12.4 Å². The van der Waals surface area contributed by atoms with Gasteiger partial charge in [-0.25, -0.2) is 0 Å². The Labute approximate surface area is 128 Å². The maximum Gasteiger partial charge on any atom is 0.222 e. The normalized spacial score (nSPS) is 17.3. The van der Waals surface area contributed by atoms with Crippen molar-refractivity contribution in [3.05, 3.63) is 0 Å². The van der Waals surface area contributed by atoms with Gasteiger partial charge in [-0.15, -0.1) is 12.4 Å². The summed E-state index contributed by atoms with van der Waals surface area (Å²) in [5.41, 5.74) is 5.78. The summed E-state index contributed by atoms with van der Waals surface area (Å²) < 4.78 is 10.2. The van der Waals surface area contributed by atoms with E-state index < -0.39 is 0 Å². The molecule has 0 heterocycles. The first-order valence-electron chi connectivity index (χ1n) is 7.34. The average molecular weight is 309 g/mol. The Morgan fingerprint density at radius 3 is 2.55 bits per heavy atom. The highest BCUT2D eigenvalue weighted by molar-refractivity contribution is 5.85. The number of carbonyl (C=O) groups is 1. The zero-order valence-corrected chi connectivity index (χ0v) is 13.3. The van der Waals surface area contributed by atoms with Gasteiger partial charge in [-0.05, 0) is 18.8 Å². The average Bonchev–Trinajstić information content (AvgIpc) is 2.45. The fraction of sp³-hybridized carbons (Fsp3) is 0.929. The van der Waals surface area contributed by atoms with Gasteiger partial charge in [0, 0.05) is 26.1 Å². The third kappa shape index (κ3) is 8.04. The number of rotatable bonds is 9. The molecule has 6 heteroatoms. The second-order valence-corrected chi connectivity index (χ2v) is 5.16. The van der Waals surface area contributed by atoms with Crippen LogP contribution in [0.25, 0.3) is 0 Å². The number of halogens is 1. The number of nitrogens with one attached hydrogen (secondary N) is 1. The smallest absolute Gasteiger partial charge is 0.222 e. The van der Waals surface area contributed by atoms with Crippen molar-refractivity contribution >= 4 is 18.3 Å². The van der Waals surface area contributed by atoms with E-state index >= 15 is 0 Å². The topological polar surface area (TPSA) is 73.6 Å². The Kier molecular flexibility index (Phi) is 12.2. The maximum atomic E-state index is 11.8. The molecule has 0 saturated heterocycles. The van der Waals surface area contributed by atoms with Gasteiger partial charge in [-0.2, -0.15) is 0 Å². The summed E-state index contributed by atoms with van der Waals surface area (Å²) >= 11 is 0. The molecule has 3 N–H and O–H groups in total. The quantitative estimate of drug-likeness (QED) is 0.633. The third-order valence-electron chi connectivity index (χ3n) is 3.72. The number of nitrogens with two attached hydrogens (primary N) is 1. The largest absolute Gasteiger partial charge is 0.382 e. The zero-order valence-electron chi connectivity index (χ0n) is 12.4. The highest BCUT2D eigenvalue weighted by Gasteiger charge is 2.23. The van der Waals surface area contributed by atoms with Crippen LogP contribution in [0, 0.1) is 5.92 Å². The van der Waals surface area contributed by atoms with Gasteiger partial charge in [0.25, 0.3) is 0 Å². The summed E-state index contributed by atoms with van der Waals surface area (Å²) in [6, 6.07) is 0.131. The van der Waals surface area contributed by atoms with Gasteiger partial charge in [0.15, 0.2) is 0 Å². The van der Waals surface area contributed by atoms with Crippen LogP contribution in [-0.4, -0.2) is 45.4 Å². The molecule has 0 radical (unpaired) electrons. The fourth-order valence-electron chi connectivity index (χ4n) is 2.59. The first-order valence-corrected chi connectivity index (χ1v) is 7.34. The molecule has 1 aliphatic rings. The first-order chi connectivity index (χ1) is 9.27. The number of hydrogen-bond acceptors (Lipinski definition) is 4. The molecule has 1 fully saturated rings. The highest BCUT2D eigenvalue weighted by Crippen LogP contribution is 2.26. The minimum atomic E-state index is 0. The van der Waals surface area contributed by atoms with Gasteiger partial charge in [0.1, 0.15) is 0 Å². The molecule has 20 heavy (non-hydrogen) atoms. The summed E-state index contributed by atoms with van der Waals surface area (Å²) in [4.78, 5) is 11.8. The predicted molar refractivity (Wildman–Crippen MR) is 82.1 cm³/mol. The zero-order chi connectivity index (χ0) is 13.9. The van der Waals surface area contributed by atoms with E-state index in [-0.39, 0.29) is 24.4 Å². The monoisotopic (exact) mass is 308 g/mol. The molecule has 0 spiro atoms. The standard InChI is InChI=1S/C14H28N2O3.ClH/c1-18-9-10-19-8-7-14(17)16-13(11-15)12-5-3-2-4-6-12;/h12-13H,2-11,15H2,1H3,(H,16,17);1H. The molecule has 0 aliphatic heterocycles. The Morgan fingerprint density at radius 1 is 1.25 bits per heavy atom. The third-order valence-corrected chi connectivity index (χ3v) is 3.72. The second kappa shape index (κ2) is 12.4. The van der Waals surface area contributed by atoms with Gasteiger partial charge >= 0.3 is 0 Å². The van der Waals surface area contributed by atoms with Gasteiger partial charge in [-0.1, -0.05) is 19.3 Å². The number of ether oxygens (including phenoxy) is 2. The lowest BCUT2D eigenvalue weighted by molar-refractivity contribution is -0.123. The fourth-order valence-corrected chi connectivity index (χ4v) is 2.59. The molecular weight excluding hydrogens is 280 g/mol. The number of hydrogen-bond donors (Lipinski definition) is 2. The van der Waals surface area contributed by atoms with E-state index in [9.17, 15) is 4.79 Å². The van der Waals surface area contributed by atoms with E-state index in [2.05, 4.69) is 5.32 Å². The predicted octanol–water partition coefficient (Wildman–Crippen LogP) is 1.49. The van der Waals surface area contributed by atoms with Crippen LogP contribution in [0.1, 0.15) is 38.5 Å². The first kappa shape index (κ1) is 19.6. The van der Waals surface area contributed by atoms with E-state index in [4.69, 9.17) is 15.2 Å². The minimum absolute atomic E-state index is 0. The molecule has 120 valence electrons. The lowest BCUT2D eigenvalue weighted by Gasteiger charge is -2.30. The molecule has 0 aromatic carbocycles. The summed E-state index contributed by atoms with van der Waals surface area (Å²) in [7, 11) is 1.63. The SMILES string of the molecule is COCCOCCC(=O)NC(CN)C1CCCCC1.Cl. The Bertz CT molecular complexity index is 249. The second-order valence-electron chi connectivity index (χ2n) is 5.16. The van der Waals surface area contributed by atoms with Crippen LogP contribution in [0.4, 0.5) is 0 Å². The van der Waals surface area contributed by atoms with Crippen molar-refractivity contribution in [1.82, 2.24) is 5.32 Å². The van der Waals surface area contributed by atoms with Gasteiger partial charge in [0.05, 0.1) is 19.8 Å². The van der Waals surface area contributed by atoms with Crippen LogP contribution in [-0.2, 0) is 14.3 Å². The lowest BCUT2D eigenvalue weighted by atomic mass is 9.84. The van der Waals surface area contributed by atoms with Crippen LogP contribution in [0.3, 0.4) is 0 Å². The summed E-state index contributed by atoms with van der Waals surface area (Å²) in [6.45, 7) is 2.07. The molecule has 1 amide bonds. The Balaban J connectivity index is 0.00000361. The number of carbonyl (C=O) groups excluding carboxylic acids is 1. The van der Waals surface area contributed by atoms with Crippen molar-refractivity contribution in [2.75, 3.05) is 33.5 Å². The number of methoxy groups -OCH3 is 1. The van der Waals surface area contributed by atoms with Crippen molar-refractivity contribution < 1.29 is 14.3 Å². The summed E-state index contributed by atoms with van der Waals surface area (Å²) in [5, 5.41) is 3.05. The van der Waals surface area contributed by atoms with E-state index in [0.29, 0.717) is 38.7 Å². The minimum Gasteiger partial charge on any atom is -0.382 e. The van der Waals surface area contributed by atoms with Crippen LogP contribution < -0.4 is 11.1 Å². The summed E-state index contributed by atoms with van der Waals surface area (Å²) in [6.07, 6.45) is 6.61. The van der Waals surface area contributed by atoms with Crippen molar-refractivity contribution in [1.29, 1.82) is 0 Å². The lowest BCUT2D eigenvalue weighted by Crippen LogP contribution is -2.46. The molecule has 1 rings (SSSR count). The van der Waals surface area contributed by atoms with Gasteiger partial charge in [0.2, 0.25) is 5.91 Å². The molecule has 1 atom stereocenters. The van der Waals surface area contributed by atoms with E-state index in [1.807, 2.05) is 0 Å². The molecule has 0 aromatic heterocycles. The molecule has 1 saturated carbocycles.